The van der Waals surface area contributed by atoms with Crippen molar-refractivity contribution in [2.75, 3.05) is 41.0 Å². The molecule has 0 amide bonds. The van der Waals surface area contributed by atoms with E-state index in [1.54, 1.807) is 7.11 Å². The molecule has 15 heavy (non-hydrogen) atoms. The highest BCUT2D eigenvalue weighted by Gasteiger charge is 2.29. The molecule has 0 aliphatic rings. The van der Waals surface area contributed by atoms with Crippen LogP contribution in [-0.4, -0.2) is 51.8 Å². The largest absolute Gasteiger partial charge is 0.469 e. The maximum Gasteiger partial charge on any atom is 0.312 e. The monoisotopic (exact) mass is 217 g/mol. The fraction of sp³-hybridized carbons (Fsp3) is 0.909. The van der Waals surface area contributed by atoms with Gasteiger partial charge >= 0.3 is 5.97 Å². The summed E-state index contributed by atoms with van der Waals surface area (Å²) in [6.07, 6.45) is 0.976. The Morgan fingerprint density at radius 3 is 2.40 bits per heavy atom. The Kier molecular flexibility index (Phi) is 6.52. The zero-order chi connectivity index (χ0) is 11.9. The lowest BCUT2D eigenvalue weighted by Gasteiger charge is -2.27. The van der Waals surface area contributed by atoms with Crippen LogP contribution in [0.3, 0.4) is 0 Å². The second-order valence-corrected chi connectivity index (χ2v) is 4.46. The second-order valence-electron chi connectivity index (χ2n) is 4.46. The van der Waals surface area contributed by atoms with Gasteiger partial charge < -0.3 is 14.4 Å². The Hall–Kier alpha value is -0.610. The molecule has 0 heterocycles. The van der Waals surface area contributed by atoms with Crippen molar-refractivity contribution in [1.82, 2.24) is 4.90 Å². The van der Waals surface area contributed by atoms with Crippen LogP contribution in [0.1, 0.15) is 20.3 Å². The van der Waals surface area contributed by atoms with Crippen LogP contribution >= 0.6 is 0 Å². The molecular weight excluding hydrogens is 194 g/mol. The summed E-state index contributed by atoms with van der Waals surface area (Å²) in [6.45, 7) is 6.16. The van der Waals surface area contributed by atoms with E-state index in [1.165, 1.54) is 7.11 Å². The molecular formula is C11H23NO3. The molecule has 0 saturated carbocycles. The highest BCUT2D eigenvalue weighted by atomic mass is 16.5. The van der Waals surface area contributed by atoms with Crippen molar-refractivity contribution >= 4 is 5.97 Å². The summed E-state index contributed by atoms with van der Waals surface area (Å²) in [5.41, 5.74) is -0.448. The van der Waals surface area contributed by atoms with Gasteiger partial charge in [0.2, 0.25) is 0 Å². The highest BCUT2D eigenvalue weighted by Crippen LogP contribution is 2.18. The number of methoxy groups -OCH3 is 2. The van der Waals surface area contributed by atoms with E-state index < -0.39 is 5.41 Å². The predicted octanol–water partition coefficient (Wildman–Crippen LogP) is 1.15. The Morgan fingerprint density at radius 1 is 1.33 bits per heavy atom. The highest BCUT2D eigenvalue weighted by molar-refractivity contribution is 5.76. The minimum Gasteiger partial charge on any atom is -0.469 e. The molecule has 0 atom stereocenters. The first kappa shape index (κ1) is 14.4. The molecule has 4 heteroatoms. The lowest BCUT2D eigenvalue weighted by atomic mass is 9.93. The molecule has 0 radical (unpaired) electrons. The first-order valence-corrected chi connectivity index (χ1v) is 5.20. The molecule has 90 valence electrons. The number of hydrogen-bond acceptors (Lipinski definition) is 4. The van der Waals surface area contributed by atoms with Crippen LogP contribution in [0.2, 0.25) is 0 Å². The van der Waals surface area contributed by atoms with Crippen molar-refractivity contribution in [2.24, 2.45) is 5.41 Å². The van der Waals surface area contributed by atoms with Gasteiger partial charge in [0.25, 0.3) is 0 Å². The number of carbonyl (C=O) groups is 1. The van der Waals surface area contributed by atoms with Gasteiger partial charge in [-0.25, -0.2) is 0 Å². The van der Waals surface area contributed by atoms with Crippen LogP contribution in [0.5, 0.6) is 0 Å². The molecule has 4 nitrogen and oxygen atoms in total. The summed E-state index contributed by atoms with van der Waals surface area (Å²) in [5, 5.41) is 0. The Balaban J connectivity index is 3.93. The van der Waals surface area contributed by atoms with Gasteiger partial charge in [0.15, 0.2) is 0 Å². The fourth-order valence-corrected chi connectivity index (χ4v) is 1.57. The molecule has 0 N–H and O–H groups in total. The molecule has 0 aromatic rings. The van der Waals surface area contributed by atoms with E-state index in [1.807, 2.05) is 20.9 Å². The molecule has 0 spiro atoms. The average Bonchev–Trinajstić information content (AvgIpc) is 2.16. The lowest BCUT2D eigenvalue weighted by molar-refractivity contribution is -0.151. The van der Waals surface area contributed by atoms with Crippen molar-refractivity contribution in [3.05, 3.63) is 0 Å². The standard InChI is InChI=1S/C11H23NO3/c1-11(2,10(13)15-5)9-12(3)7-6-8-14-4/h6-9H2,1-5H3. The average molecular weight is 217 g/mol. The molecule has 0 unspecified atom stereocenters. The lowest BCUT2D eigenvalue weighted by Crippen LogP contribution is -2.38. The predicted molar refractivity (Wildman–Crippen MR) is 59.8 cm³/mol. The minimum absolute atomic E-state index is 0.166. The van der Waals surface area contributed by atoms with Gasteiger partial charge in [-0.3, -0.25) is 4.79 Å². The van der Waals surface area contributed by atoms with Crippen LogP contribution in [0.15, 0.2) is 0 Å². The third kappa shape index (κ3) is 5.74. The van der Waals surface area contributed by atoms with Gasteiger partial charge in [-0.05, 0) is 27.3 Å². The van der Waals surface area contributed by atoms with Crippen molar-refractivity contribution in [3.8, 4) is 0 Å². The molecule has 0 aliphatic carbocycles. The molecule has 0 aromatic carbocycles. The van der Waals surface area contributed by atoms with Crippen LogP contribution < -0.4 is 0 Å². The summed E-state index contributed by atoms with van der Waals surface area (Å²) in [7, 11) is 5.12. The summed E-state index contributed by atoms with van der Waals surface area (Å²) >= 11 is 0. The number of esters is 1. The van der Waals surface area contributed by atoms with E-state index in [4.69, 9.17) is 9.47 Å². The van der Waals surface area contributed by atoms with E-state index in [-0.39, 0.29) is 5.97 Å². The quantitative estimate of drug-likeness (QED) is 0.474. The van der Waals surface area contributed by atoms with E-state index in [0.717, 1.165) is 19.6 Å². The molecule has 0 rings (SSSR count). The normalized spacial score (nSPS) is 11.9. The first-order chi connectivity index (χ1) is 6.94. The number of hydrogen-bond donors (Lipinski definition) is 0. The van der Waals surface area contributed by atoms with Gasteiger partial charge in [-0.1, -0.05) is 0 Å². The van der Waals surface area contributed by atoms with Crippen molar-refractivity contribution in [1.29, 1.82) is 0 Å². The van der Waals surface area contributed by atoms with E-state index in [2.05, 4.69) is 4.90 Å². The minimum atomic E-state index is -0.448. The molecule has 0 aromatic heterocycles. The first-order valence-electron chi connectivity index (χ1n) is 5.20. The van der Waals surface area contributed by atoms with Crippen LogP contribution in [0.25, 0.3) is 0 Å². The Morgan fingerprint density at radius 2 is 1.93 bits per heavy atom. The number of nitrogens with zero attached hydrogens (tertiary/aromatic N) is 1. The number of rotatable bonds is 7. The van der Waals surface area contributed by atoms with E-state index >= 15 is 0 Å². The van der Waals surface area contributed by atoms with Gasteiger partial charge in [0.1, 0.15) is 0 Å². The number of carbonyl (C=O) groups excluding carboxylic acids is 1. The third-order valence-corrected chi connectivity index (χ3v) is 2.29. The van der Waals surface area contributed by atoms with Gasteiger partial charge in [0.05, 0.1) is 12.5 Å². The van der Waals surface area contributed by atoms with Gasteiger partial charge in [0, 0.05) is 26.8 Å². The van der Waals surface area contributed by atoms with E-state index in [0.29, 0.717) is 6.54 Å². The Bertz CT molecular complexity index is 192. The summed E-state index contributed by atoms with van der Waals surface area (Å²) < 4.78 is 9.72. The summed E-state index contributed by atoms with van der Waals surface area (Å²) in [4.78, 5) is 13.5. The molecule has 0 saturated heterocycles. The summed E-state index contributed by atoms with van der Waals surface area (Å²) in [6, 6.07) is 0. The van der Waals surface area contributed by atoms with Crippen LogP contribution in [-0.2, 0) is 14.3 Å². The van der Waals surface area contributed by atoms with Crippen molar-refractivity contribution in [2.45, 2.75) is 20.3 Å². The van der Waals surface area contributed by atoms with Crippen LogP contribution in [0, 0.1) is 5.41 Å². The maximum absolute atomic E-state index is 11.4. The zero-order valence-corrected chi connectivity index (χ0v) is 10.5. The summed E-state index contributed by atoms with van der Waals surface area (Å²) in [5.74, 6) is -0.166. The smallest absolute Gasteiger partial charge is 0.312 e. The maximum atomic E-state index is 11.4. The van der Waals surface area contributed by atoms with Gasteiger partial charge in [-0.15, -0.1) is 0 Å². The molecule has 0 fully saturated rings. The second kappa shape index (κ2) is 6.80. The number of ether oxygens (including phenoxy) is 2. The SMILES string of the molecule is COCCCN(C)CC(C)(C)C(=O)OC. The molecule has 0 aliphatic heterocycles. The third-order valence-electron chi connectivity index (χ3n) is 2.29. The fourth-order valence-electron chi connectivity index (χ4n) is 1.57. The van der Waals surface area contributed by atoms with Crippen molar-refractivity contribution in [3.63, 3.8) is 0 Å². The van der Waals surface area contributed by atoms with E-state index in [9.17, 15) is 4.79 Å². The topological polar surface area (TPSA) is 38.8 Å². The zero-order valence-electron chi connectivity index (χ0n) is 10.5. The molecule has 0 bridgehead atoms. The van der Waals surface area contributed by atoms with Gasteiger partial charge in [-0.2, -0.15) is 0 Å². The van der Waals surface area contributed by atoms with Crippen molar-refractivity contribution < 1.29 is 14.3 Å². The van der Waals surface area contributed by atoms with Crippen LogP contribution in [0.4, 0.5) is 0 Å². The Labute approximate surface area is 92.5 Å².